The molecule has 1 aromatic carbocycles. The Labute approximate surface area is 118 Å². The summed E-state index contributed by atoms with van der Waals surface area (Å²) in [6.45, 7) is 5.40. The number of methoxy groups -OCH3 is 1. The molecule has 0 fully saturated rings. The molecule has 0 bridgehead atoms. The number of ether oxygens (including phenoxy) is 1. The van der Waals surface area contributed by atoms with E-state index < -0.39 is 16.4 Å². The minimum Gasteiger partial charge on any atom is -0.467 e. The minimum absolute atomic E-state index is 0.0452. The molecular formula is C14H20N2O4. The molecule has 110 valence electrons. The quantitative estimate of drug-likeness (QED) is 0.492. The number of esters is 1. The van der Waals surface area contributed by atoms with E-state index in [1.54, 1.807) is 26.0 Å². The lowest BCUT2D eigenvalue weighted by molar-refractivity contribution is -0.384. The van der Waals surface area contributed by atoms with Gasteiger partial charge in [0.25, 0.3) is 5.69 Å². The molecule has 1 rings (SSSR count). The third kappa shape index (κ3) is 3.46. The second kappa shape index (κ2) is 6.36. The van der Waals surface area contributed by atoms with Crippen LogP contribution in [0.2, 0.25) is 0 Å². The predicted octanol–water partition coefficient (Wildman–Crippen LogP) is 3.05. The number of nitrogens with one attached hydrogen (secondary N) is 1. The fraction of sp³-hybridized carbons (Fsp3) is 0.500. The van der Waals surface area contributed by atoms with E-state index in [2.05, 4.69) is 5.32 Å². The summed E-state index contributed by atoms with van der Waals surface area (Å²) in [7, 11) is 1.31. The summed E-state index contributed by atoms with van der Waals surface area (Å²) in [6, 6.07) is 4.86. The lowest BCUT2D eigenvalue weighted by Crippen LogP contribution is -2.44. The first-order valence-corrected chi connectivity index (χ1v) is 6.45. The molecule has 6 nitrogen and oxygen atoms in total. The Balaban J connectivity index is 3.18. The maximum Gasteiger partial charge on any atom is 0.331 e. The van der Waals surface area contributed by atoms with Crippen molar-refractivity contribution in [1.29, 1.82) is 0 Å². The highest BCUT2D eigenvalue weighted by Crippen LogP contribution is 2.30. The maximum absolute atomic E-state index is 11.9. The summed E-state index contributed by atoms with van der Waals surface area (Å²) in [5.74, 6) is -0.436. The Morgan fingerprint density at radius 1 is 1.50 bits per heavy atom. The number of hydrogen-bond acceptors (Lipinski definition) is 5. The molecule has 0 aliphatic rings. The number of nitro benzene ring substituents is 1. The fourth-order valence-corrected chi connectivity index (χ4v) is 2.14. The lowest BCUT2D eigenvalue weighted by Gasteiger charge is -2.28. The van der Waals surface area contributed by atoms with Crippen molar-refractivity contribution < 1.29 is 14.5 Å². The zero-order valence-corrected chi connectivity index (χ0v) is 12.2. The van der Waals surface area contributed by atoms with E-state index in [0.29, 0.717) is 12.1 Å². The molecule has 1 unspecified atom stereocenters. The number of nitro groups is 1. The van der Waals surface area contributed by atoms with E-state index >= 15 is 0 Å². The van der Waals surface area contributed by atoms with E-state index in [-0.39, 0.29) is 5.69 Å². The van der Waals surface area contributed by atoms with Gasteiger partial charge in [0.05, 0.1) is 12.0 Å². The average Bonchev–Trinajstić information content (AvgIpc) is 2.39. The van der Waals surface area contributed by atoms with Gasteiger partial charge in [0.1, 0.15) is 11.2 Å². The van der Waals surface area contributed by atoms with Crippen LogP contribution in [0.4, 0.5) is 11.4 Å². The van der Waals surface area contributed by atoms with Gasteiger partial charge in [0, 0.05) is 6.07 Å². The van der Waals surface area contributed by atoms with Crippen molar-refractivity contribution in [3.63, 3.8) is 0 Å². The SMILES string of the molecule is CCCC(C)(Nc1ccc(C)cc1[N+](=O)[O-])C(=O)OC. The van der Waals surface area contributed by atoms with Crippen LogP contribution in [-0.2, 0) is 9.53 Å². The zero-order chi connectivity index (χ0) is 15.3. The monoisotopic (exact) mass is 280 g/mol. The van der Waals surface area contributed by atoms with E-state index in [4.69, 9.17) is 4.74 Å². The van der Waals surface area contributed by atoms with Gasteiger partial charge in [-0.15, -0.1) is 0 Å². The van der Waals surface area contributed by atoms with Gasteiger partial charge >= 0.3 is 5.97 Å². The second-order valence-electron chi connectivity index (χ2n) is 4.98. The third-order valence-corrected chi connectivity index (χ3v) is 3.15. The van der Waals surface area contributed by atoms with Crippen molar-refractivity contribution in [2.24, 2.45) is 0 Å². The van der Waals surface area contributed by atoms with Crippen LogP contribution in [0.15, 0.2) is 18.2 Å². The van der Waals surface area contributed by atoms with Crippen molar-refractivity contribution in [3.8, 4) is 0 Å². The standard InChI is InChI=1S/C14H20N2O4/c1-5-8-14(3,13(17)20-4)15-11-7-6-10(2)9-12(11)16(18)19/h6-7,9,15H,5,8H2,1-4H3. The van der Waals surface area contributed by atoms with Crippen LogP contribution < -0.4 is 5.32 Å². The number of carbonyl (C=O) groups is 1. The highest BCUT2D eigenvalue weighted by molar-refractivity contribution is 5.85. The van der Waals surface area contributed by atoms with Crippen LogP contribution in [0, 0.1) is 17.0 Å². The topological polar surface area (TPSA) is 81.5 Å². The van der Waals surface area contributed by atoms with Crippen molar-refractivity contribution in [3.05, 3.63) is 33.9 Å². The van der Waals surface area contributed by atoms with E-state index in [9.17, 15) is 14.9 Å². The molecule has 0 amide bonds. The molecule has 1 atom stereocenters. The lowest BCUT2D eigenvalue weighted by atomic mass is 9.95. The van der Waals surface area contributed by atoms with Crippen LogP contribution in [0.3, 0.4) is 0 Å². The predicted molar refractivity (Wildman–Crippen MR) is 76.8 cm³/mol. The van der Waals surface area contributed by atoms with Gasteiger partial charge in [-0.25, -0.2) is 4.79 Å². The molecule has 0 heterocycles. The van der Waals surface area contributed by atoms with Crippen LogP contribution in [0.25, 0.3) is 0 Å². The molecule has 0 aliphatic heterocycles. The number of benzene rings is 1. The second-order valence-corrected chi connectivity index (χ2v) is 4.98. The summed E-state index contributed by atoms with van der Waals surface area (Å²) >= 11 is 0. The summed E-state index contributed by atoms with van der Waals surface area (Å²) in [4.78, 5) is 22.6. The Kier molecular flexibility index (Phi) is 5.07. The van der Waals surface area contributed by atoms with E-state index in [1.165, 1.54) is 13.2 Å². The first kappa shape index (κ1) is 15.9. The van der Waals surface area contributed by atoms with Gasteiger partial charge in [-0.05, 0) is 31.9 Å². The van der Waals surface area contributed by atoms with Gasteiger partial charge in [0.15, 0.2) is 0 Å². The van der Waals surface area contributed by atoms with Crippen LogP contribution in [0.5, 0.6) is 0 Å². The number of rotatable bonds is 6. The van der Waals surface area contributed by atoms with Gasteiger partial charge in [-0.1, -0.05) is 19.4 Å². The summed E-state index contributed by atoms with van der Waals surface area (Å²) in [6.07, 6.45) is 1.27. The molecule has 0 saturated heterocycles. The molecule has 0 aliphatic carbocycles. The largest absolute Gasteiger partial charge is 0.467 e. The first-order valence-electron chi connectivity index (χ1n) is 6.45. The summed E-state index contributed by atoms with van der Waals surface area (Å²) in [5.41, 5.74) is 0.0828. The Bertz CT molecular complexity index is 516. The number of anilines is 1. The summed E-state index contributed by atoms with van der Waals surface area (Å²) in [5, 5.41) is 14.1. The highest BCUT2D eigenvalue weighted by atomic mass is 16.6. The number of nitrogens with zero attached hydrogens (tertiary/aromatic N) is 1. The number of carbonyl (C=O) groups excluding carboxylic acids is 1. The van der Waals surface area contributed by atoms with Crippen molar-refractivity contribution in [1.82, 2.24) is 0 Å². The number of aryl methyl sites for hydroxylation is 1. The molecule has 6 heteroatoms. The van der Waals surface area contributed by atoms with Crippen LogP contribution in [-0.4, -0.2) is 23.5 Å². The molecule has 0 aromatic heterocycles. The first-order chi connectivity index (χ1) is 9.34. The minimum atomic E-state index is -0.983. The Morgan fingerprint density at radius 3 is 2.65 bits per heavy atom. The van der Waals surface area contributed by atoms with Gasteiger partial charge in [-0.2, -0.15) is 0 Å². The normalized spacial score (nSPS) is 13.4. The molecule has 0 saturated carbocycles. The number of hydrogen-bond donors (Lipinski definition) is 1. The van der Waals surface area contributed by atoms with Crippen molar-refractivity contribution in [2.75, 3.05) is 12.4 Å². The maximum atomic E-state index is 11.9. The van der Waals surface area contributed by atoms with Gasteiger partial charge in [-0.3, -0.25) is 10.1 Å². The van der Waals surface area contributed by atoms with Crippen molar-refractivity contribution >= 4 is 17.3 Å². The smallest absolute Gasteiger partial charge is 0.331 e. The highest BCUT2D eigenvalue weighted by Gasteiger charge is 2.35. The molecular weight excluding hydrogens is 260 g/mol. The van der Waals surface area contributed by atoms with Crippen LogP contribution >= 0.6 is 0 Å². The third-order valence-electron chi connectivity index (χ3n) is 3.15. The van der Waals surface area contributed by atoms with Crippen LogP contribution in [0.1, 0.15) is 32.3 Å². The van der Waals surface area contributed by atoms with Crippen molar-refractivity contribution in [2.45, 2.75) is 39.2 Å². The van der Waals surface area contributed by atoms with E-state index in [1.807, 2.05) is 6.92 Å². The molecule has 20 heavy (non-hydrogen) atoms. The Morgan fingerprint density at radius 2 is 2.15 bits per heavy atom. The molecule has 1 aromatic rings. The molecule has 0 radical (unpaired) electrons. The fourth-order valence-electron chi connectivity index (χ4n) is 2.14. The molecule has 0 spiro atoms. The summed E-state index contributed by atoms with van der Waals surface area (Å²) < 4.78 is 4.79. The van der Waals surface area contributed by atoms with Gasteiger partial charge < -0.3 is 10.1 Å². The average molecular weight is 280 g/mol. The zero-order valence-electron chi connectivity index (χ0n) is 12.2. The molecule has 1 N–H and O–H groups in total. The van der Waals surface area contributed by atoms with E-state index in [0.717, 1.165) is 12.0 Å². The van der Waals surface area contributed by atoms with Gasteiger partial charge in [0.2, 0.25) is 0 Å². The Hall–Kier alpha value is -2.11.